The van der Waals surface area contributed by atoms with Gasteiger partial charge in [0.1, 0.15) is 5.75 Å². The maximum absolute atomic E-state index is 5.97. The summed E-state index contributed by atoms with van der Waals surface area (Å²) in [5, 5.41) is 0. The van der Waals surface area contributed by atoms with E-state index in [1.165, 1.54) is 24.1 Å². The molecule has 2 N–H and O–H groups in total. The van der Waals surface area contributed by atoms with Crippen LogP contribution in [0.25, 0.3) is 0 Å². The molecule has 3 nitrogen and oxygen atoms in total. The molecule has 2 atom stereocenters. The molecule has 2 rings (SSSR count). The molecule has 1 fully saturated rings. The average Bonchev–Trinajstić information content (AvgIpc) is 2.82. The molecule has 2 unspecified atom stereocenters. The summed E-state index contributed by atoms with van der Waals surface area (Å²) in [4.78, 5) is 2.51. The van der Waals surface area contributed by atoms with Gasteiger partial charge in [-0.3, -0.25) is 0 Å². The van der Waals surface area contributed by atoms with Crippen molar-refractivity contribution in [3.63, 3.8) is 0 Å². The molecule has 1 aromatic carbocycles. The molecular formula is C17H28N2O. The van der Waals surface area contributed by atoms with E-state index < -0.39 is 0 Å². The van der Waals surface area contributed by atoms with E-state index in [-0.39, 0.29) is 0 Å². The number of likely N-dealkylation sites (tertiary alicyclic amines) is 1. The summed E-state index contributed by atoms with van der Waals surface area (Å²) in [5.74, 6) is 1.67. The minimum atomic E-state index is 0.325. The molecule has 1 aliphatic heterocycles. The van der Waals surface area contributed by atoms with Crippen molar-refractivity contribution in [2.75, 3.05) is 26.2 Å². The van der Waals surface area contributed by atoms with Gasteiger partial charge in [-0.25, -0.2) is 0 Å². The van der Waals surface area contributed by atoms with E-state index in [2.05, 4.69) is 43.9 Å². The van der Waals surface area contributed by atoms with E-state index >= 15 is 0 Å². The lowest BCUT2D eigenvalue weighted by atomic mass is 10.0. The van der Waals surface area contributed by atoms with Gasteiger partial charge in [0.05, 0.1) is 6.61 Å². The minimum Gasteiger partial charge on any atom is -0.494 e. The number of ether oxygens (including phenoxy) is 1. The van der Waals surface area contributed by atoms with Crippen molar-refractivity contribution in [1.82, 2.24) is 4.90 Å². The van der Waals surface area contributed by atoms with E-state index in [1.54, 1.807) is 0 Å². The molecule has 0 amide bonds. The number of rotatable bonds is 6. The maximum Gasteiger partial charge on any atom is 0.119 e. The highest BCUT2D eigenvalue weighted by molar-refractivity contribution is 5.32. The highest BCUT2D eigenvalue weighted by Crippen LogP contribution is 2.19. The first-order chi connectivity index (χ1) is 9.54. The zero-order valence-electron chi connectivity index (χ0n) is 13.1. The molecule has 1 aromatic rings. The second-order valence-corrected chi connectivity index (χ2v) is 6.23. The van der Waals surface area contributed by atoms with E-state index in [1.807, 2.05) is 0 Å². The van der Waals surface area contributed by atoms with Crippen LogP contribution in [0.1, 0.15) is 30.9 Å². The molecule has 0 bridgehead atoms. The van der Waals surface area contributed by atoms with Crippen LogP contribution in [0.2, 0.25) is 0 Å². The second-order valence-electron chi connectivity index (χ2n) is 6.23. The molecule has 3 heteroatoms. The highest BCUT2D eigenvalue weighted by Gasteiger charge is 2.24. The van der Waals surface area contributed by atoms with Gasteiger partial charge in [-0.1, -0.05) is 6.07 Å². The van der Waals surface area contributed by atoms with Crippen LogP contribution in [0.5, 0.6) is 5.75 Å². The minimum absolute atomic E-state index is 0.325. The van der Waals surface area contributed by atoms with Crippen LogP contribution in [-0.4, -0.2) is 37.2 Å². The fraction of sp³-hybridized carbons (Fsp3) is 0.647. The van der Waals surface area contributed by atoms with Gasteiger partial charge in [-0.2, -0.15) is 0 Å². The zero-order valence-corrected chi connectivity index (χ0v) is 13.1. The third-order valence-corrected chi connectivity index (χ3v) is 4.14. The first kappa shape index (κ1) is 15.3. The number of hydrogen-bond acceptors (Lipinski definition) is 3. The summed E-state index contributed by atoms with van der Waals surface area (Å²) in [6.45, 7) is 10.6. The van der Waals surface area contributed by atoms with Crippen molar-refractivity contribution in [2.45, 2.75) is 39.7 Å². The summed E-state index contributed by atoms with van der Waals surface area (Å²) >= 11 is 0. The summed E-state index contributed by atoms with van der Waals surface area (Å²) in [6.07, 6.45) is 2.33. The Hall–Kier alpha value is -1.06. The Morgan fingerprint density at radius 2 is 2.00 bits per heavy atom. The first-order valence-corrected chi connectivity index (χ1v) is 7.73. The molecule has 1 saturated heterocycles. The van der Waals surface area contributed by atoms with Crippen molar-refractivity contribution in [2.24, 2.45) is 11.7 Å². The zero-order chi connectivity index (χ0) is 14.5. The Labute approximate surface area is 123 Å². The van der Waals surface area contributed by atoms with E-state index in [0.717, 1.165) is 31.9 Å². The van der Waals surface area contributed by atoms with Gasteiger partial charge in [0, 0.05) is 19.1 Å². The summed E-state index contributed by atoms with van der Waals surface area (Å²) < 4.78 is 5.85. The third kappa shape index (κ3) is 4.50. The Kier molecular flexibility index (Phi) is 5.44. The van der Waals surface area contributed by atoms with Crippen molar-refractivity contribution >= 4 is 0 Å². The van der Waals surface area contributed by atoms with Crippen LogP contribution in [-0.2, 0) is 0 Å². The summed E-state index contributed by atoms with van der Waals surface area (Å²) in [5.41, 5.74) is 8.49. The Morgan fingerprint density at radius 1 is 1.30 bits per heavy atom. The predicted molar refractivity (Wildman–Crippen MR) is 84.2 cm³/mol. The average molecular weight is 276 g/mol. The normalized spacial score (nSPS) is 21.1. The SMILES string of the molecule is Cc1cc(C)cc(OCCCN2CCC(C(C)N)C2)c1. The highest BCUT2D eigenvalue weighted by atomic mass is 16.5. The lowest BCUT2D eigenvalue weighted by Crippen LogP contribution is -2.30. The van der Waals surface area contributed by atoms with Crippen molar-refractivity contribution in [3.05, 3.63) is 29.3 Å². The lowest BCUT2D eigenvalue weighted by Gasteiger charge is -2.17. The van der Waals surface area contributed by atoms with Crippen LogP contribution in [0.15, 0.2) is 18.2 Å². The number of aryl methyl sites for hydroxylation is 2. The molecule has 0 spiro atoms. The number of benzene rings is 1. The molecular weight excluding hydrogens is 248 g/mol. The fourth-order valence-electron chi connectivity index (χ4n) is 2.99. The molecule has 112 valence electrons. The third-order valence-electron chi connectivity index (χ3n) is 4.14. The van der Waals surface area contributed by atoms with Gasteiger partial charge >= 0.3 is 0 Å². The van der Waals surface area contributed by atoms with E-state index in [9.17, 15) is 0 Å². The first-order valence-electron chi connectivity index (χ1n) is 7.73. The molecule has 20 heavy (non-hydrogen) atoms. The Balaban J connectivity index is 1.67. The molecule has 0 aromatic heterocycles. The van der Waals surface area contributed by atoms with Crippen LogP contribution in [0.4, 0.5) is 0 Å². The monoisotopic (exact) mass is 276 g/mol. The van der Waals surface area contributed by atoms with Crippen LogP contribution in [0.3, 0.4) is 0 Å². The fourth-order valence-corrected chi connectivity index (χ4v) is 2.99. The van der Waals surface area contributed by atoms with Crippen LogP contribution in [0, 0.1) is 19.8 Å². The summed E-state index contributed by atoms with van der Waals surface area (Å²) in [6, 6.07) is 6.71. The maximum atomic E-state index is 5.97. The molecule has 1 aliphatic rings. The number of hydrogen-bond donors (Lipinski definition) is 1. The molecule has 0 saturated carbocycles. The summed E-state index contributed by atoms with van der Waals surface area (Å²) in [7, 11) is 0. The van der Waals surface area contributed by atoms with E-state index in [4.69, 9.17) is 10.5 Å². The second kappa shape index (κ2) is 7.09. The largest absolute Gasteiger partial charge is 0.494 e. The van der Waals surface area contributed by atoms with Crippen molar-refractivity contribution < 1.29 is 4.74 Å². The standard InChI is InChI=1S/C17H28N2O/c1-13-9-14(2)11-17(10-13)20-8-4-6-19-7-5-16(12-19)15(3)18/h9-11,15-16H,4-8,12,18H2,1-3H3. The lowest BCUT2D eigenvalue weighted by molar-refractivity contribution is 0.256. The smallest absolute Gasteiger partial charge is 0.119 e. The number of nitrogens with two attached hydrogens (primary N) is 1. The molecule has 0 radical (unpaired) electrons. The number of nitrogens with zero attached hydrogens (tertiary/aromatic N) is 1. The van der Waals surface area contributed by atoms with E-state index in [0.29, 0.717) is 12.0 Å². The predicted octanol–water partition coefficient (Wildman–Crippen LogP) is 2.74. The van der Waals surface area contributed by atoms with Crippen LogP contribution < -0.4 is 10.5 Å². The molecule has 0 aliphatic carbocycles. The van der Waals surface area contributed by atoms with Gasteiger partial charge in [-0.15, -0.1) is 0 Å². The van der Waals surface area contributed by atoms with Crippen molar-refractivity contribution in [3.8, 4) is 5.75 Å². The van der Waals surface area contributed by atoms with Crippen molar-refractivity contribution in [1.29, 1.82) is 0 Å². The van der Waals surface area contributed by atoms with Gasteiger partial charge in [0.15, 0.2) is 0 Å². The van der Waals surface area contributed by atoms with Gasteiger partial charge in [-0.05, 0) is 69.3 Å². The van der Waals surface area contributed by atoms with Crippen LogP contribution >= 0.6 is 0 Å². The topological polar surface area (TPSA) is 38.5 Å². The molecule has 1 heterocycles. The van der Waals surface area contributed by atoms with Gasteiger partial charge in [0.2, 0.25) is 0 Å². The van der Waals surface area contributed by atoms with Gasteiger partial charge in [0.25, 0.3) is 0 Å². The Bertz CT molecular complexity index is 411. The van der Waals surface area contributed by atoms with Gasteiger partial charge < -0.3 is 15.4 Å². The quantitative estimate of drug-likeness (QED) is 0.812. The Morgan fingerprint density at radius 3 is 2.60 bits per heavy atom.